The van der Waals surface area contributed by atoms with Gasteiger partial charge in [0.05, 0.1) is 18.0 Å². The lowest BCUT2D eigenvalue weighted by atomic mass is 10.2. The third kappa shape index (κ3) is 6.95. The number of hydrogen-bond donors (Lipinski definition) is 1. The first-order valence-corrected chi connectivity index (χ1v) is 13.2. The van der Waals surface area contributed by atoms with E-state index in [1.165, 1.54) is 17.4 Å². The number of esters is 2. The molecule has 3 aromatic rings. The molecule has 0 spiro atoms. The van der Waals surface area contributed by atoms with Crippen molar-refractivity contribution in [2.24, 2.45) is 0 Å². The minimum Gasteiger partial charge on any atom is -0.461 e. The topological polar surface area (TPSA) is 90.9 Å². The summed E-state index contributed by atoms with van der Waals surface area (Å²) in [5, 5.41) is 3.94. The highest BCUT2D eigenvalue weighted by molar-refractivity contribution is 7.38. The van der Waals surface area contributed by atoms with Gasteiger partial charge in [0.25, 0.3) is 0 Å². The number of fused-ring (bicyclic) bond motifs is 1. The van der Waals surface area contributed by atoms with Crippen LogP contribution in [0.25, 0.3) is 10.1 Å². The minimum atomic E-state index is -2.48. The van der Waals surface area contributed by atoms with Crippen molar-refractivity contribution in [2.75, 3.05) is 11.9 Å². The van der Waals surface area contributed by atoms with E-state index in [9.17, 15) is 14.2 Å². The van der Waals surface area contributed by atoms with Crippen molar-refractivity contribution in [1.82, 2.24) is 0 Å². The van der Waals surface area contributed by atoms with E-state index in [0.717, 1.165) is 15.6 Å². The Morgan fingerprint density at radius 2 is 1.91 bits per heavy atom. The summed E-state index contributed by atoms with van der Waals surface area (Å²) in [5.41, 5.74) is 1.39. The maximum Gasteiger partial charge on any atom is 0.348 e. The average molecular weight is 502 g/mol. The molecule has 7 nitrogen and oxygen atoms in total. The first kappa shape index (κ1) is 25.5. The summed E-state index contributed by atoms with van der Waals surface area (Å²) in [6.45, 7) is 8.97. The van der Waals surface area contributed by atoms with Gasteiger partial charge >= 0.3 is 11.9 Å². The molecule has 2 unspecified atom stereocenters. The smallest absolute Gasteiger partial charge is 0.348 e. The number of rotatable bonds is 11. The SMILES string of the molecule is C=CCOC(=O)c1cc2cc(C[PH](=O)Oc3ccccc3NC(C)C(=O)OC(C)C)ccc2s1. The Bertz CT molecular complexity index is 1210. The number of ether oxygens (including phenoxy) is 2. The van der Waals surface area contributed by atoms with Crippen LogP contribution in [-0.2, 0) is 25.0 Å². The third-order valence-corrected chi connectivity index (χ3v) is 6.89. The molecule has 2 aromatic carbocycles. The zero-order valence-corrected chi connectivity index (χ0v) is 21.1. The van der Waals surface area contributed by atoms with Crippen molar-refractivity contribution in [1.29, 1.82) is 0 Å². The van der Waals surface area contributed by atoms with Gasteiger partial charge in [-0.05, 0) is 62.1 Å². The average Bonchev–Trinajstić information content (AvgIpc) is 3.21. The molecule has 0 aliphatic rings. The van der Waals surface area contributed by atoms with Gasteiger partial charge in [-0.25, -0.2) is 9.59 Å². The van der Waals surface area contributed by atoms with Crippen LogP contribution in [-0.4, -0.2) is 30.7 Å². The van der Waals surface area contributed by atoms with Crippen molar-refractivity contribution in [3.8, 4) is 5.75 Å². The lowest BCUT2D eigenvalue weighted by Gasteiger charge is -2.18. The van der Waals surface area contributed by atoms with Crippen LogP contribution in [0.5, 0.6) is 5.75 Å². The van der Waals surface area contributed by atoms with E-state index in [4.69, 9.17) is 14.0 Å². The lowest BCUT2D eigenvalue weighted by Crippen LogP contribution is -2.30. The number of carbonyl (C=O) groups is 2. The van der Waals surface area contributed by atoms with Crippen LogP contribution in [0.15, 0.2) is 61.2 Å². The molecule has 0 bridgehead atoms. The molecule has 34 heavy (non-hydrogen) atoms. The fraction of sp³-hybridized carbons (Fsp3) is 0.280. The van der Waals surface area contributed by atoms with E-state index >= 15 is 0 Å². The molecular weight excluding hydrogens is 473 g/mol. The Morgan fingerprint density at radius 3 is 2.65 bits per heavy atom. The Kier molecular flexibility index (Phi) is 8.91. The fourth-order valence-electron chi connectivity index (χ4n) is 3.14. The number of thiophene rings is 1. The van der Waals surface area contributed by atoms with E-state index in [1.54, 1.807) is 51.1 Å². The molecule has 0 radical (unpaired) electrons. The largest absolute Gasteiger partial charge is 0.461 e. The molecule has 2 atom stereocenters. The number of nitrogens with one attached hydrogen (secondary N) is 1. The van der Waals surface area contributed by atoms with Crippen LogP contribution in [0.3, 0.4) is 0 Å². The summed E-state index contributed by atoms with van der Waals surface area (Å²) < 4.78 is 29.8. The van der Waals surface area contributed by atoms with Crippen LogP contribution >= 0.6 is 19.4 Å². The Labute approximate surface area is 203 Å². The quantitative estimate of drug-likeness (QED) is 0.194. The van der Waals surface area contributed by atoms with Crippen LogP contribution < -0.4 is 9.84 Å². The molecule has 1 aromatic heterocycles. The standard InChI is InChI=1S/C25H28NO6PS/c1-5-12-30-25(28)23-14-19-13-18(10-11-22(19)34-23)15-33(29)32-21-9-7-6-8-20(21)26-17(4)24(27)31-16(2)3/h5-11,13-14,16-17,26,33H,1,12,15H2,2-4H3. The number of carbonyl (C=O) groups excluding carboxylic acids is 2. The van der Waals surface area contributed by atoms with Gasteiger partial charge in [-0.15, -0.1) is 11.3 Å². The summed E-state index contributed by atoms with van der Waals surface area (Å²) in [4.78, 5) is 24.7. The second-order valence-corrected chi connectivity index (χ2v) is 10.3. The van der Waals surface area contributed by atoms with Crippen molar-refractivity contribution in [3.05, 3.63) is 71.6 Å². The molecular formula is C25H28NO6PS. The number of anilines is 1. The van der Waals surface area contributed by atoms with Crippen molar-refractivity contribution in [2.45, 2.75) is 39.1 Å². The predicted molar refractivity (Wildman–Crippen MR) is 136 cm³/mol. The van der Waals surface area contributed by atoms with Crippen LogP contribution in [0.1, 0.15) is 36.0 Å². The van der Waals surface area contributed by atoms with E-state index < -0.39 is 20.0 Å². The maximum absolute atomic E-state index is 12.8. The zero-order chi connectivity index (χ0) is 24.7. The molecule has 0 aliphatic heterocycles. The number of para-hydroxylation sites is 2. The molecule has 0 amide bonds. The minimum absolute atomic E-state index is 0.158. The van der Waals surface area contributed by atoms with Gasteiger partial charge in [0.1, 0.15) is 23.3 Å². The van der Waals surface area contributed by atoms with Gasteiger partial charge in [0.15, 0.2) is 0 Å². The van der Waals surface area contributed by atoms with Crippen molar-refractivity contribution < 1.29 is 28.2 Å². The number of benzene rings is 2. The van der Waals surface area contributed by atoms with Crippen molar-refractivity contribution in [3.63, 3.8) is 0 Å². The van der Waals surface area contributed by atoms with Crippen LogP contribution in [0.2, 0.25) is 0 Å². The molecule has 0 saturated carbocycles. The molecule has 0 aliphatic carbocycles. The van der Waals surface area contributed by atoms with Crippen LogP contribution in [0.4, 0.5) is 5.69 Å². The molecule has 9 heteroatoms. The highest BCUT2D eigenvalue weighted by Gasteiger charge is 2.18. The summed E-state index contributed by atoms with van der Waals surface area (Å²) in [6, 6.07) is 13.9. The van der Waals surface area contributed by atoms with Gasteiger partial charge in [0.2, 0.25) is 8.03 Å². The van der Waals surface area contributed by atoms with E-state index in [-0.39, 0.29) is 24.8 Å². The summed E-state index contributed by atoms with van der Waals surface area (Å²) in [7, 11) is -2.48. The predicted octanol–water partition coefficient (Wildman–Crippen LogP) is 6.05. The first-order valence-electron chi connectivity index (χ1n) is 10.8. The Hall–Kier alpha value is -3.09. The van der Waals surface area contributed by atoms with E-state index in [2.05, 4.69) is 11.9 Å². The normalized spacial score (nSPS) is 12.7. The van der Waals surface area contributed by atoms with Gasteiger partial charge in [-0.2, -0.15) is 0 Å². The molecule has 0 fully saturated rings. The second kappa shape index (κ2) is 11.9. The summed E-state index contributed by atoms with van der Waals surface area (Å²) >= 11 is 1.34. The third-order valence-electron chi connectivity index (χ3n) is 4.65. The van der Waals surface area contributed by atoms with E-state index in [0.29, 0.717) is 16.3 Å². The van der Waals surface area contributed by atoms with Gasteiger partial charge < -0.3 is 19.3 Å². The molecule has 1 heterocycles. The molecule has 3 rings (SSSR count). The second-order valence-electron chi connectivity index (χ2n) is 7.87. The molecule has 180 valence electrons. The monoisotopic (exact) mass is 501 g/mol. The first-order chi connectivity index (χ1) is 16.3. The Morgan fingerprint density at radius 1 is 1.15 bits per heavy atom. The van der Waals surface area contributed by atoms with Gasteiger partial charge in [-0.3, -0.25) is 4.57 Å². The molecule has 1 N–H and O–H groups in total. The summed E-state index contributed by atoms with van der Waals surface area (Å²) in [6.07, 6.45) is 1.53. The Balaban J connectivity index is 1.67. The van der Waals surface area contributed by atoms with Crippen LogP contribution in [0, 0.1) is 0 Å². The van der Waals surface area contributed by atoms with E-state index in [1.807, 2.05) is 18.2 Å². The highest BCUT2D eigenvalue weighted by Crippen LogP contribution is 2.37. The van der Waals surface area contributed by atoms with Gasteiger partial charge in [0, 0.05) is 4.70 Å². The highest BCUT2D eigenvalue weighted by atomic mass is 32.1. The molecule has 0 saturated heterocycles. The lowest BCUT2D eigenvalue weighted by molar-refractivity contribution is -0.147. The zero-order valence-electron chi connectivity index (χ0n) is 19.3. The van der Waals surface area contributed by atoms with Gasteiger partial charge in [-0.1, -0.05) is 30.9 Å². The fourth-order valence-corrected chi connectivity index (χ4v) is 5.12. The summed E-state index contributed by atoms with van der Waals surface area (Å²) in [5.74, 6) is -0.371. The van der Waals surface area contributed by atoms with Crippen molar-refractivity contribution >= 4 is 47.1 Å². The maximum atomic E-state index is 12.8. The number of hydrogen-bond acceptors (Lipinski definition) is 8.